The van der Waals surface area contributed by atoms with E-state index in [0.717, 1.165) is 73.0 Å². The Morgan fingerprint density at radius 2 is 1.42 bits per heavy atom. The molecular formula is C61H61GeIrN5O-2. The summed E-state index contributed by atoms with van der Waals surface area (Å²) in [5.41, 5.74) is 15.9. The molecule has 351 valence electrons. The number of furan rings is 1. The minimum atomic E-state index is -1.89. The van der Waals surface area contributed by atoms with Crippen molar-refractivity contribution in [1.29, 1.82) is 0 Å². The van der Waals surface area contributed by atoms with E-state index in [1.54, 1.807) is 9.96 Å². The molecule has 0 atom stereocenters. The molecule has 6 nitrogen and oxygen atoms in total. The van der Waals surface area contributed by atoms with Crippen LogP contribution >= 0.6 is 0 Å². The van der Waals surface area contributed by atoms with Crippen molar-refractivity contribution in [3.8, 4) is 39.5 Å². The van der Waals surface area contributed by atoms with Gasteiger partial charge in [0.1, 0.15) is 0 Å². The quantitative estimate of drug-likeness (QED) is 0.112. The number of imidazole rings is 1. The molecule has 1 saturated carbocycles. The van der Waals surface area contributed by atoms with Gasteiger partial charge >= 0.3 is 137 Å². The molecule has 0 saturated heterocycles. The summed E-state index contributed by atoms with van der Waals surface area (Å²) < 4.78 is 10.2. The molecular weight excluding hydrogens is 1080 g/mol. The van der Waals surface area contributed by atoms with Gasteiger partial charge in [0.05, 0.1) is 28.6 Å². The van der Waals surface area contributed by atoms with E-state index >= 15 is 0 Å². The average Bonchev–Trinajstić information content (AvgIpc) is 3.91. The van der Waals surface area contributed by atoms with Crippen LogP contribution in [0, 0.1) is 26.0 Å². The Bertz CT molecular complexity index is 3440. The van der Waals surface area contributed by atoms with E-state index in [1.165, 1.54) is 65.1 Å². The Kier molecular flexibility index (Phi) is 14.0. The Balaban J connectivity index is 0.000000217. The molecule has 1 aliphatic rings. The van der Waals surface area contributed by atoms with Crippen molar-refractivity contribution >= 4 is 61.5 Å². The molecule has 0 unspecified atom stereocenters. The predicted molar refractivity (Wildman–Crippen MR) is 286 cm³/mol. The summed E-state index contributed by atoms with van der Waals surface area (Å²) in [6.45, 7) is 13.1. The first-order valence-corrected chi connectivity index (χ1v) is 31.9. The van der Waals surface area contributed by atoms with Gasteiger partial charge in [-0.25, -0.2) is 4.98 Å². The van der Waals surface area contributed by atoms with Crippen LogP contribution in [-0.4, -0.2) is 37.8 Å². The summed E-state index contributed by atoms with van der Waals surface area (Å²) in [5, 5.41) is 4.42. The van der Waals surface area contributed by atoms with E-state index in [1.807, 2.05) is 50.4 Å². The number of hydrogen-bond acceptors (Lipinski definition) is 5. The van der Waals surface area contributed by atoms with Crippen molar-refractivity contribution in [2.75, 3.05) is 0 Å². The van der Waals surface area contributed by atoms with Crippen LogP contribution in [0.25, 0.3) is 83.3 Å². The van der Waals surface area contributed by atoms with Gasteiger partial charge in [0.15, 0.2) is 0 Å². The molecule has 8 heteroatoms. The SMILES string of the molecule is Cc1cc2nc(-c3[c-]ccc4oc5nc(C)ccc5c34)n(-c3c(C(C)C)cc(-c4ccc5ccccc5c4)cc3C(C)C)c2cn1.[CH3][Ge]([CH3])([CH3])[c]1cnc(-c2[c-]cccc2)cc1C1CCCCC1.[Ir]. The smallest absolute Gasteiger partial charge is 0 e. The predicted octanol–water partition coefficient (Wildman–Crippen LogP) is 16.0. The first-order chi connectivity index (χ1) is 32.8. The fraction of sp³-hybridized carbons (Fsp3) is 0.279. The Morgan fingerprint density at radius 3 is 2.13 bits per heavy atom. The monoisotopic (exact) mass is 1150 g/mol. The summed E-state index contributed by atoms with van der Waals surface area (Å²) >= 11 is -1.89. The third-order valence-electron chi connectivity index (χ3n) is 13.8. The summed E-state index contributed by atoms with van der Waals surface area (Å²) in [5.74, 6) is 9.52. The number of nitrogens with zero attached hydrogens (tertiary/aromatic N) is 5. The fourth-order valence-corrected chi connectivity index (χ4v) is 13.6. The fourth-order valence-electron chi connectivity index (χ4n) is 10.3. The summed E-state index contributed by atoms with van der Waals surface area (Å²) in [4.78, 5) is 19.6. The van der Waals surface area contributed by atoms with Gasteiger partial charge in [-0.15, -0.1) is 12.1 Å². The van der Waals surface area contributed by atoms with Crippen LogP contribution in [0.4, 0.5) is 0 Å². The zero-order chi connectivity index (χ0) is 47.3. The Hall–Kier alpha value is -5.73. The van der Waals surface area contributed by atoms with E-state index in [0.29, 0.717) is 5.71 Å². The molecule has 69 heavy (non-hydrogen) atoms. The summed E-state index contributed by atoms with van der Waals surface area (Å²) in [6, 6.07) is 47.6. The molecule has 5 heterocycles. The molecule has 0 amide bonds. The zero-order valence-corrected chi connectivity index (χ0v) is 45.9. The molecule has 0 bridgehead atoms. The number of rotatable bonds is 8. The van der Waals surface area contributed by atoms with E-state index in [4.69, 9.17) is 24.4 Å². The van der Waals surface area contributed by atoms with E-state index in [2.05, 4.69) is 153 Å². The molecule has 10 aromatic rings. The second kappa shape index (κ2) is 19.9. The minimum Gasteiger partial charge on any atom is 0 e. The number of hydrogen-bond donors (Lipinski definition) is 0. The average molecular weight is 1150 g/mol. The Morgan fingerprint density at radius 1 is 0.681 bits per heavy atom. The number of benzene rings is 5. The van der Waals surface area contributed by atoms with Crippen molar-refractivity contribution < 1.29 is 24.5 Å². The third-order valence-corrected chi connectivity index (χ3v) is 18.1. The maximum absolute atomic E-state index is 6.27. The van der Waals surface area contributed by atoms with E-state index in [-0.39, 0.29) is 31.9 Å². The number of aryl methyl sites for hydroxylation is 2. The van der Waals surface area contributed by atoms with Gasteiger partial charge < -0.3 is 8.98 Å². The largest absolute Gasteiger partial charge is 0 e. The zero-order valence-electron chi connectivity index (χ0n) is 41.4. The van der Waals surface area contributed by atoms with Gasteiger partial charge in [0.2, 0.25) is 5.71 Å². The first-order valence-electron chi connectivity index (χ1n) is 24.5. The minimum absolute atomic E-state index is 0. The van der Waals surface area contributed by atoms with Crippen LogP contribution in [0.5, 0.6) is 0 Å². The van der Waals surface area contributed by atoms with Gasteiger partial charge in [-0.05, 0) is 89.0 Å². The maximum atomic E-state index is 6.27. The topological polar surface area (TPSA) is 69.6 Å². The third kappa shape index (κ3) is 9.63. The number of pyridine rings is 3. The van der Waals surface area contributed by atoms with Gasteiger partial charge in [-0.2, -0.15) is 0 Å². The van der Waals surface area contributed by atoms with Crippen molar-refractivity contribution in [3.63, 3.8) is 0 Å². The van der Waals surface area contributed by atoms with Crippen LogP contribution < -0.4 is 4.40 Å². The van der Waals surface area contributed by atoms with Crippen molar-refractivity contribution in [2.24, 2.45) is 0 Å². The normalized spacial score (nSPS) is 13.4. The van der Waals surface area contributed by atoms with Crippen LogP contribution in [0.15, 0.2) is 132 Å². The second-order valence-corrected chi connectivity index (χ2v) is 31.0. The number of fused-ring (bicyclic) bond motifs is 5. The van der Waals surface area contributed by atoms with Gasteiger partial charge in [-0.1, -0.05) is 87.2 Å². The second-order valence-electron chi connectivity index (χ2n) is 20.5. The molecule has 0 N–H and O–H groups in total. The molecule has 0 aliphatic heterocycles. The van der Waals surface area contributed by atoms with Crippen molar-refractivity contribution in [2.45, 2.75) is 109 Å². The molecule has 0 spiro atoms. The molecule has 11 rings (SSSR count). The summed E-state index contributed by atoms with van der Waals surface area (Å²) in [7, 11) is 0. The summed E-state index contributed by atoms with van der Waals surface area (Å²) in [6.07, 6.45) is 11.0. The van der Waals surface area contributed by atoms with E-state index < -0.39 is 13.3 Å². The number of aromatic nitrogens is 5. The van der Waals surface area contributed by atoms with E-state index in [9.17, 15) is 0 Å². The molecule has 5 aromatic carbocycles. The standard InChI is InChI=1S/C41H35N4O.C20H26GeN.Ir/c1-23(2)33-20-30(29-16-15-27-10-7-8-11-28(27)19-29)21-34(24(3)4)39(33)45-36-22-42-26(6)18-35(36)44-40(45)31-12-9-13-37-38(31)32-17-14-25(5)43-41(32)46-37;1-21(2,3)19-15-22-20(17-12-8-5-9-13-17)14-18(19)16-10-6-4-7-11-16;/h7-11,13-24H,1-6H3;5,8-9,12,14-16H,4,6-7,10-11H2,1-3H3;/q2*-1;. The maximum Gasteiger partial charge on any atom is 0 e. The first kappa shape index (κ1) is 48.3. The van der Waals surface area contributed by atoms with Gasteiger partial charge in [-0.3, -0.25) is 9.97 Å². The molecule has 5 aromatic heterocycles. The van der Waals surface area contributed by atoms with Crippen LogP contribution in [-0.2, 0) is 20.1 Å². The molecule has 1 radical (unpaired) electrons. The van der Waals surface area contributed by atoms with Crippen LogP contribution in [0.3, 0.4) is 0 Å². The molecule has 1 fully saturated rings. The van der Waals surface area contributed by atoms with Gasteiger partial charge in [0, 0.05) is 42.6 Å². The van der Waals surface area contributed by atoms with Crippen LogP contribution in [0.1, 0.15) is 106 Å². The molecule has 1 aliphatic carbocycles. The van der Waals surface area contributed by atoms with Crippen molar-refractivity contribution in [3.05, 3.63) is 168 Å². The van der Waals surface area contributed by atoms with Crippen LogP contribution in [0.2, 0.25) is 17.3 Å². The Labute approximate surface area is 423 Å². The van der Waals surface area contributed by atoms with Gasteiger partial charge in [0.25, 0.3) is 0 Å². The van der Waals surface area contributed by atoms with Crippen molar-refractivity contribution in [1.82, 2.24) is 24.5 Å².